The number of esters is 1. The average molecular weight is 250 g/mol. The third-order valence-electron chi connectivity index (χ3n) is 2.17. The Morgan fingerprint density at radius 3 is 2.75 bits per heavy atom. The summed E-state index contributed by atoms with van der Waals surface area (Å²) in [7, 11) is 1.20. The summed E-state index contributed by atoms with van der Waals surface area (Å²) in [5, 5.41) is 0.0175. The maximum absolute atomic E-state index is 12.8. The first-order valence-electron chi connectivity index (χ1n) is 4.46. The van der Waals surface area contributed by atoms with Gasteiger partial charge in [0.25, 0.3) is 6.43 Å². The molecular weight excluding hydrogens is 240 g/mol. The van der Waals surface area contributed by atoms with Gasteiger partial charge in [-0.2, -0.15) is 0 Å². The maximum atomic E-state index is 12.8. The standard InChI is InChI=1S/C10H10ClF2NO2/c1-5-8(10(12)13)6(3-7(15)16-2)4-14-9(5)11/h4,10H,3H2,1-2H3. The van der Waals surface area contributed by atoms with Crippen LogP contribution in [-0.4, -0.2) is 18.1 Å². The van der Waals surface area contributed by atoms with Crippen LogP contribution in [0.3, 0.4) is 0 Å². The van der Waals surface area contributed by atoms with E-state index in [4.69, 9.17) is 11.6 Å². The van der Waals surface area contributed by atoms with Crippen LogP contribution in [0.25, 0.3) is 0 Å². The molecule has 1 heterocycles. The molecule has 16 heavy (non-hydrogen) atoms. The summed E-state index contributed by atoms with van der Waals surface area (Å²) in [4.78, 5) is 14.8. The van der Waals surface area contributed by atoms with Crippen molar-refractivity contribution in [3.05, 3.63) is 28.0 Å². The van der Waals surface area contributed by atoms with Gasteiger partial charge in [-0.25, -0.2) is 13.8 Å². The van der Waals surface area contributed by atoms with Crippen molar-refractivity contribution in [2.24, 2.45) is 0 Å². The highest BCUT2D eigenvalue weighted by Gasteiger charge is 2.20. The van der Waals surface area contributed by atoms with Gasteiger partial charge in [0, 0.05) is 11.8 Å². The van der Waals surface area contributed by atoms with E-state index in [0.29, 0.717) is 0 Å². The molecule has 0 saturated heterocycles. The maximum Gasteiger partial charge on any atom is 0.310 e. The van der Waals surface area contributed by atoms with Crippen LogP contribution in [-0.2, 0) is 16.0 Å². The SMILES string of the molecule is COC(=O)Cc1cnc(Cl)c(C)c1C(F)F. The number of alkyl halides is 2. The molecule has 0 aliphatic rings. The number of nitrogens with zero attached hydrogens (tertiary/aromatic N) is 1. The molecule has 0 saturated carbocycles. The zero-order valence-corrected chi connectivity index (χ0v) is 9.52. The summed E-state index contributed by atoms with van der Waals surface area (Å²) in [6, 6.07) is 0. The van der Waals surface area contributed by atoms with E-state index in [-0.39, 0.29) is 28.3 Å². The Morgan fingerprint density at radius 1 is 1.62 bits per heavy atom. The molecular formula is C10H10ClF2NO2. The second kappa shape index (κ2) is 5.21. The lowest BCUT2D eigenvalue weighted by atomic mass is 10.0. The number of ether oxygens (including phenoxy) is 1. The zero-order chi connectivity index (χ0) is 12.3. The quantitative estimate of drug-likeness (QED) is 0.611. The minimum atomic E-state index is -2.69. The van der Waals surface area contributed by atoms with E-state index in [1.54, 1.807) is 0 Å². The Labute approximate surface area is 96.4 Å². The number of aromatic nitrogens is 1. The minimum absolute atomic E-state index is 0.0175. The highest BCUT2D eigenvalue weighted by atomic mass is 35.5. The van der Waals surface area contributed by atoms with E-state index < -0.39 is 12.4 Å². The monoisotopic (exact) mass is 249 g/mol. The van der Waals surface area contributed by atoms with Gasteiger partial charge in [0.2, 0.25) is 0 Å². The smallest absolute Gasteiger partial charge is 0.310 e. The van der Waals surface area contributed by atoms with Crippen LogP contribution >= 0.6 is 11.6 Å². The van der Waals surface area contributed by atoms with Crippen LogP contribution in [0.4, 0.5) is 8.78 Å². The van der Waals surface area contributed by atoms with E-state index in [1.165, 1.54) is 20.2 Å². The molecule has 0 N–H and O–H groups in total. The van der Waals surface area contributed by atoms with Crippen LogP contribution in [0.5, 0.6) is 0 Å². The summed E-state index contributed by atoms with van der Waals surface area (Å²) in [6.07, 6.45) is -1.75. The Bertz CT molecular complexity index is 410. The molecule has 1 aromatic rings. The summed E-state index contributed by atoms with van der Waals surface area (Å²) < 4.78 is 30.0. The average Bonchev–Trinajstić information content (AvgIpc) is 2.23. The summed E-state index contributed by atoms with van der Waals surface area (Å²) in [5.41, 5.74) is 0.0900. The van der Waals surface area contributed by atoms with Crippen molar-refractivity contribution >= 4 is 17.6 Å². The predicted octanol–water partition coefficient (Wildman–Crippen LogP) is 2.70. The number of halogens is 3. The third-order valence-corrected chi connectivity index (χ3v) is 2.55. The number of hydrogen-bond acceptors (Lipinski definition) is 3. The van der Waals surface area contributed by atoms with Gasteiger partial charge in [-0.1, -0.05) is 11.6 Å². The fraction of sp³-hybridized carbons (Fsp3) is 0.400. The first-order chi connectivity index (χ1) is 7.47. The summed E-state index contributed by atoms with van der Waals surface area (Å²) in [5.74, 6) is -0.592. The molecule has 0 aliphatic heterocycles. The first kappa shape index (κ1) is 12.8. The Morgan fingerprint density at radius 2 is 2.25 bits per heavy atom. The van der Waals surface area contributed by atoms with Crippen molar-refractivity contribution < 1.29 is 18.3 Å². The van der Waals surface area contributed by atoms with Crippen LogP contribution < -0.4 is 0 Å². The Kier molecular flexibility index (Phi) is 4.18. The molecule has 1 rings (SSSR count). The number of methoxy groups -OCH3 is 1. The van der Waals surface area contributed by atoms with Crippen molar-refractivity contribution in [3.63, 3.8) is 0 Å². The van der Waals surface area contributed by atoms with Gasteiger partial charge in [-0.3, -0.25) is 4.79 Å². The van der Waals surface area contributed by atoms with Crippen molar-refractivity contribution in [2.75, 3.05) is 7.11 Å². The van der Waals surface area contributed by atoms with E-state index in [1.807, 2.05) is 0 Å². The normalized spacial score (nSPS) is 10.6. The molecule has 1 aromatic heterocycles. The van der Waals surface area contributed by atoms with Gasteiger partial charge in [0.05, 0.1) is 13.5 Å². The fourth-order valence-corrected chi connectivity index (χ4v) is 1.48. The topological polar surface area (TPSA) is 39.2 Å². The minimum Gasteiger partial charge on any atom is -0.469 e. The molecule has 0 fully saturated rings. The second-order valence-corrected chi connectivity index (χ2v) is 3.52. The van der Waals surface area contributed by atoms with Gasteiger partial charge >= 0.3 is 5.97 Å². The van der Waals surface area contributed by atoms with E-state index in [2.05, 4.69) is 9.72 Å². The molecule has 0 radical (unpaired) electrons. The molecule has 0 unspecified atom stereocenters. The van der Waals surface area contributed by atoms with Gasteiger partial charge in [-0.15, -0.1) is 0 Å². The number of carbonyl (C=O) groups is 1. The summed E-state index contributed by atoms with van der Waals surface area (Å²) in [6.45, 7) is 1.44. The van der Waals surface area contributed by atoms with Gasteiger partial charge in [0.15, 0.2) is 0 Å². The molecule has 0 amide bonds. The third kappa shape index (κ3) is 2.66. The molecule has 6 heteroatoms. The van der Waals surface area contributed by atoms with Gasteiger partial charge < -0.3 is 4.74 Å². The largest absolute Gasteiger partial charge is 0.469 e. The molecule has 0 bridgehead atoms. The van der Waals surface area contributed by atoms with E-state index >= 15 is 0 Å². The fourth-order valence-electron chi connectivity index (χ4n) is 1.33. The van der Waals surface area contributed by atoms with Crippen molar-refractivity contribution in [1.82, 2.24) is 4.98 Å². The van der Waals surface area contributed by atoms with Crippen LogP contribution in [0.15, 0.2) is 6.20 Å². The van der Waals surface area contributed by atoms with Crippen molar-refractivity contribution in [1.29, 1.82) is 0 Å². The number of carbonyl (C=O) groups excluding carboxylic acids is 1. The molecule has 0 spiro atoms. The van der Waals surface area contributed by atoms with Crippen molar-refractivity contribution in [2.45, 2.75) is 19.8 Å². The number of pyridine rings is 1. The van der Waals surface area contributed by atoms with Gasteiger partial charge in [-0.05, 0) is 18.1 Å². The van der Waals surface area contributed by atoms with Crippen LogP contribution in [0.1, 0.15) is 23.1 Å². The lowest BCUT2D eigenvalue weighted by molar-refractivity contribution is -0.139. The molecule has 0 aliphatic carbocycles. The van der Waals surface area contributed by atoms with Gasteiger partial charge in [0.1, 0.15) is 5.15 Å². The molecule has 0 atom stereocenters. The summed E-state index contributed by atoms with van der Waals surface area (Å²) >= 11 is 5.64. The lowest BCUT2D eigenvalue weighted by Crippen LogP contribution is -2.09. The first-order valence-corrected chi connectivity index (χ1v) is 4.84. The van der Waals surface area contributed by atoms with E-state index in [9.17, 15) is 13.6 Å². The van der Waals surface area contributed by atoms with Crippen LogP contribution in [0, 0.1) is 6.92 Å². The van der Waals surface area contributed by atoms with Crippen LogP contribution in [0.2, 0.25) is 5.15 Å². The number of rotatable bonds is 3. The number of hydrogen-bond donors (Lipinski definition) is 0. The zero-order valence-electron chi connectivity index (χ0n) is 8.76. The lowest BCUT2D eigenvalue weighted by Gasteiger charge is -2.11. The predicted molar refractivity (Wildman–Crippen MR) is 54.7 cm³/mol. The second-order valence-electron chi connectivity index (χ2n) is 3.17. The Hall–Kier alpha value is -1.23. The van der Waals surface area contributed by atoms with Crippen molar-refractivity contribution in [3.8, 4) is 0 Å². The Balaban J connectivity index is 3.18. The molecule has 88 valence electrons. The molecule has 0 aromatic carbocycles. The highest BCUT2D eigenvalue weighted by molar-refractivity contribution is 6.30. The molecule has 3 nitrogen and oxygen atoms in total. The highest BCUT2D eigenvalue weighted by Crippen LogP contribution is 2.29. The van der Waals surface area contributed by atoms with E-state index in [0.717, 1.165) is 0 Å².